The molecule has 1 N–H and O–H groups in total. The van der Waals surface area contributed by atoms with Crippen molar-refractivity contribution in [2.45, 2.75) is 13.1 Å². The second kappa shape index (κ2) is 5.12. The van der Waals surface area contributed by atoms with E-state index in [0.29, 0.717) is 5.75 Å². The number of hydrogen-bond donors (Lipinski definition) is 1. The number of nitrogens with zero attached hydrogens (tertiary/aromatic N) is 1. The lowest BCUT2D eigenvalue weighted by Gasteiger charge is -2.05. The first-order chi connectivity index (χ1) is 9.74. The third-order valence-electron chi connectivity index (χ3n) is 2.74. The van der Waals surface area contributed by atoms with Crippen LogP contribution >= 0.6 is 0 Å². The van der Waals surface area contributed by atoms with Gasteiger partial charge in [-0.25, -0.2) is 9.78 Å². The molecule has 2 aromatic rings. The normalized spacial score (nSPS) is 11.5. The van der Waals surface area contributed by atoms with Crippen molar-refractivity contribution in [3.8, 4) is 17.2 Å². The maximum atomic E-state index is 12.7. The average Bonchev–Trinajstić information content (AvgIpc) is 2.84. The van der Waals surface area contributed by atoms with Gasteiger partial charge < -0.3 is 14.3 Å². The number of aryl methyl sites for hydroxylation is 1. The Bertz CT molecular complexity index is 691. The standard InChI is InChI=1S/C13H10F3NO4/c1-6-3-4-7(5-8(6)20-2)11-17-10(13(14,15)16)9(21-11)12(18)19/h3-5H,1-2H3,(H,18,19). The summed E-state index contributed by atoms with van der Waals surface area (Å²) < 4.78 is 48.0. The van der Waals surface area contributed by atoms with E-state index in [2.05, 4.69) is 4.98 Å². The zero-order valence-corrected chi connectivity index (χ0v) is 11.0. The summed E-state index contributed by atoms with van der Waals surface area (Å²) in [6, 6.07) is 4.49. The molecule has 0 radical (unpaired) electrons. The maximum Gasteiger partial charge on any atom is 0.437 e. The van der Waals surface area contributed by atoms with E-state index in [0.717, 1.165) is 5.56 Å². The Morgan fingerprint density at radius 3 is 2.52 bits per heavy atom. The Kier molecular flexibility index (Phi) is 3.63. The van der Waals surface area contributed by atoms with Crippen molar-refractivity contribution >= 4 is 5.97 Å². The zero-order valence-electron chi connectivity index (χ0n) is 11.0. The summed E-state index contributed by atoms with van der Waals surface area (Å²) in [4.78, 5) is 14.1. The minimum absolute atomic E-state index is 0.190. The number of methoxy groups -OCH3 is 1. The van der Waals surface area contributed by atoms with E-state index < -0.39 is 29.5 Å². The molecular weight excluding hydrogens is 291 g/mol. The molecule has 1 aromatic heterocycles. The highest BCUT2D eigenvalue weighted by molar-refractivity contribution is 5.86. The molecule has 1 aromatic carbocycles. The number of ether oxygens (including phenoxy) is 1. The number of rotatable bonds is 3. The van der Waals surface area contributed by atoms with Crippen LogP contribution in [0.25, 0.3) is 11.5 Å². The van der Waals surface area contributed by atoms with E-state index in [9.17, 15) is 18.0 Å². The van der Waals surface area contributed by atoms with E-state index in [1.54, 1.807) is 13.0 Å². The van der Waals surface area contributed by atoms with E-state index in [1.165, 1.54) is 19.2 Å². The molecule has 0 saturated carbocycles. The predicted molar refractivity (Wildman–Crippen MR) is 65.2 cm³/mol. The topological polar surface area (TPSA) is 72.6 Å². The molecule has 21 heavy (non-hydrogen) atoms. The molecule has 0 amide bonds. The first kappa shape index (κ1) is 14.9. The lowest BCUT2D eigenvalue weighted by molar-refractivity contribution is -0.141. The molecule has 0 aliphatic heterocycles. The van der Waals surface area contributed by atoms with Crippen LogP contribution < -0.4 is 4.74 Å². The monoisotopic (exact) mass is 301 g/mol. The molecule has 0 aliphatic rings. The molecule has 0 fully saturated rings. The summed E-state index contributed by atoms with van der Waals surface area (Å²) >= 11 is 0. The van der Waals surface area contributed by atoms with Crippen LogP contribution in [0.1, 0.15) is 21.8 Å². The van der Waals surface area contributed by atoms with Gasteiger partial charge in [0, 0.05) is 5.56 Å². The fourth-order valence-corrected chi connectivity index (χ4v) is 1.73. The Morgan fingerprint density at radius 2 is 2.05 bits per heavy atom. The summed E-state index contributed by atoms with van der Waals surface area (Å²) in [5.41, 5.74) is -0.609. The van der Waals surface area contributed by atoms with E-state index in [1.807, 2.05) is 0 Å². The number of carbonyl (C=O) groups is 1. The van der Waals surface area contributed by atoms with Crippen molar-refractivity contribution in [1.29, 1.82) is 0 Å². The Morgan fingerprint density at radius 1 is 1.38 bits per heavy atom. The molecule has 1 heterocycles. The van der Waals surface area contributed by atoms with Crippen molar-refractivity contribution in [3.05, 3.63) is 35.2 Å². The van der Waals surface area contributed by atoms with Crippen LogP contribution in [0, 0.1) is 6.92 Å². The molecular formula is C13H10F3NO4. The van der Waals surface area contributed by atoms with Crippen LogP contribution in [0.4, 0.5) is 13.2 Å². The molecule has 0 bridgehead atoms. The number of benzene rings is 1. The summed E-state index contributed by atoms with van der Waals surface area (Å²) in [6.07, 6.45) is -4.91. The van der Waals surface area contributed by atoms with Crippen molar-refractivity contribution in [2.24, 2.45) is 0 Å². The van der Waals surface area contributed by atoms with Crippen molar-refractivity contribution in [1.82, 2.24) is 4.98 Å². The van der Waals surface area contributed by atoms with Crippen molar-refractivity contribution in [3.63, 3.8) is 0 Å². The van der Waals surface area contributed by atoms with Gasteiger partial charge in [-0.2, -0.15) is 13.2 Å². The minimum atomic E-state index is -4.91. The number of aromatic carboxylic acids is 1. The van der Waals surface area contributed by atoms with Crippen LogP contribution in [0.5, 0.6) is 5.75 Å². The Labute approximate surface area is 117 Å². The second-order valence-corrected chi connectivity index (χ2v) is 4.18. The molecule has 0 unspecified atom stereocenters. The summed E-state index contributed by atoms with van der Waals surface area (Å²) in [6.45, 7) is 1.75. The number of carboxylic acid groups (broad SMARTS) is 1. The third kappa shape index (κ3) is 2.83. The first-order valence-electron chi connectivity index (χ1n) is 5.70. The highest BCUT2D eigenvalue weighted by Crippen LogP contribution is 2.35. The van der Waals surface area contributed by atoms with Gasteiger partial charge in [-0.15, -0.1) is 0 Å². The molecule has 0 spiro atoms. The van der Waals surface area contributed by atoms with E-state index in [4.69, 9.17) is 14.3 Å². The molecule has 0 aliphatic carbocycles. The Hall–Kier alpha value is -2.51. The average molecular weight is 301 g/mol. The lowest BCUT2D eigenvalue weighted by atomic mass is 10.1. The largest absolute Gasteiger partial charge is 0.496 e. The smallest absolute Gasteiger partial charge is 0.437 e. The number of halogens is 3. The highest BCUT2D eigenvalue weighted by Gasteiger charge is 2.41. The molecule has 0 atom stereocenters. The molecule has 0 saturated heterocycles. The zero-order chi connectivity index (χ0) is 15.8. The lowest BCUT2D eigenvalue weighted by Crippen LogP contribution is -2.11. The fraction of sp³-hybridized carbons (Fsp3) is 0.231. The summed E-state index contributed by atoms with van der Waals surface area (Å²) in [7, 11) is 1.41. The van der Waals surface area contributed by atoms with Gasteiger partial charge in [0.05, 0.1) is 7.11 Å². The van der Waals surface area contributed by atoms with Gasteiger partial charge in [-0.3, -0.25) is 0 Å². The van der Waals surface area contributed by atoms with Gasteiger partial charge in [0.15, 0.2) is 5.69 Å². The van der Waals surface area contributed by atoms with Crippen molar-refractivity contribution < 1.29 is 32.2 Å². The highest BCUT2D eigenvalue weighted by atomic mass is 19.4. The summed E-state index contributed by atoms with van der Waals surface area (Å²) in [5.74, 6) is -3.08. The predicted octanol–water partition coefficient (Wildman–Crippen LogP) is 3.38. The first-order valence-corrected chi connectivity index (χ1v) is 5.70. The fourth-order valence-electron chi connectivity index (χ4n) is 1.73. The van der Waals surface area contributed by atoms with Gasteiger partial charge in [0.2, 0.25) is 11.7 Å². The minimum Gasteiger partial charge on any atom is -0.496 e. The van der Waals surface area contributed by atoms with Crippen LogP contribution in [0.15, 0.2) is 22.6 Å². The van der Waals surface area contributed by atoms with Crippen molar-refractivity contribution in [2.75, 3.05) is 7.11 Å². The van der Waals surface area contributed by atoms with Crippen LogP contribution in [-0.4, -0.2) is 23.2 Å². The summed E-state index contributed by atoms with van der Waals surface area (Å²) in [5, 5.41) is 8.78. The number of hydrogen-bond acceptors (Lipinski definition) is 4. The van der Waals surface area contributed by atoms with Gasteiger partial charge in [-0.05, 0) is 24.6 Å². The number of aromatic nitrogens is 1. The molecule has 8 heteroatoms. The van der Waals surface area contributed by atoms with Crippen LogP contribution in [-0.2, 0) is 6.18 Å². The second-order valence-electron chi connectivity index (χ2n) is 4.18. The van der Waals surface area contributed by atoms with Gasteiger partial charge in [0.1, 0.15) is 5.75 Å². The molecule has 112 valence electrons. The number of oxazole rings is 1. The van der Waals surface area contributed by atoms with Crippen LogP contribution in [0.3, 0.4) is 0 Å². The quantitative estimate of drug-likeness (QED) is 0.941. The SMILES string of the molecule is COc1cc(-c2nc(C(F)(F)F)c(C(=O)O)o2)ccc1C. The van der Waals surface area contributed by atoms with Crippen LogP contribution in [0.2, 0.25) is 0 Å². The Balaban J connectivity index is 2.58. The van der Waals surface area contributed by atoms with Gasteiger partial charge in [-0.1, -0.05) is 6.07 Å². The third-order valence-corrected chi connectivity index (χ3v) is 2.74. The maximum absolute atomic E-state index is 12.7. The number of carboxylic acids is 1. The van der Waals surface area contributed by atoms with E-state index >= 15 is 0 Å². The van der Waals surface area contributed by atoms with Gasteiger partial charge >= 0.3 is 12.1 Å². The van der Waals surface area contributed by atoms with Gasteiger partial charge in [0.25, 0.3) is 0 Å². The van der Waals surface area contributed by atoms with E-state index in [-0.39, 0.29) is 5.56 Å². The molecule has 5 nitrogen and oxygen atoms in total. The number of alkyl halides is 3. The molecule has 2 rings (SSSR count).